The summed E-state index contributed by atoms with van der Waals surface area (Å²) in [6.45, 7) is 2.68. The number of piperidine rings is 1. The van der Waals surface area contributed by atoms with Crippen molar-refractivity contribution in [2.45, 2.75) is 55.6 Å². The van der Waals surface area contributed by atoms with E-state index in [4.69, 9.17) is 4.74 Å². The molecule has 0 radical (unpaired) electrons. The molecule has 1 aromatic rings. The molecule has 3 heterocycles. The van der Waals surface area contributed by atoms with Gasteiger partial charge in [-0.3, -0.25) is 4.79 Å². The fraction of sp³-hybridized carbons (Fsp3) is 0.682. The molecule has 10 heteroatoms. The van der Waals surface area contributed by atoms with E-state index in [9.17, 15) is 26.4 Å². The second-order valence-electron chi connectivity index (χ2n) is 9.10. The Kier molecular flexibility index (Phi) is 6.32. The first-order valence-electron chi connectivity index (χ1n) is 11.0. The summed E-state index contributed by atoms with van der Waals surface area (Å²) >= 11 is 0. The molecule has 0 unspecified atom stereocenters. The summed E-state index contributed by atoms with van der Waals surface area (Å²) in [6.07, 6.45) is -0.759. The van der Waals surface area contributed by atoms with Crippen LogP contribution in [0, 0.1) is 0 Å². The van der Waals surface area contributed by atoms with E-state index in [2.05, 4.69) is 4.90 Å². The van der Waals surface area contributed by atoms with Gasteiger partial charge in [-0.2, -0.15) is 13.2 Å². The Labute approximate surface area is 186 Å². The van der Waals surface area contributed by atoms with Crippen LogP contribution < -0.4 is 0 Å². The molecule has 4 rings (SSSR count). The summed E-state index contributed by atoms with van der Waals surface area (Å²) < 4.78 is 69.0. The lowest BCUT2D eigenvalue weighted by Crippen LogP contribution is -2.60. The minimum atomic E-state index is -4.47. The summed E-state index contributed by atoms with van der Waals surface area (Å²) in [7, 11) is -3.72. The number of fused-ring (bicyclic) bond motifs is 1. The van der Waals surface area contributed by atoms with Gasteiger partial charge in [0.1, 0.15) is 0 Å². The number of benzene rings is 1. The summed E-state index contributed by atoms with van der Waals surface area (Å²) in [5.41, 5.74) is 0.445. The van der Waals surface area contributed by atoms with Crippen molar-refractivity contribution in [1.82, 2.24) is 9.80 Å². The monoisotopic (exact) mass is 474 g/mol. The third kappa shape index (κ3) is 4.41. The zero-order chi connectivity index (χ0) is 23.1. The van der Waals surface area contributed by atoms with Crippen molar-refractivity contribution >= 4 is 15.7 Å². The molecule has 2 fully saturated rings. The van der Waals surface area contributed by atoms with Crippen LogP contribution in [0.1, 0.15) is 42.4 Å². The number of carbonyl (C=O) groups is 1. The van der Waals surface area contributed by atoms with Gasteiger partial charge in [-0.1, -0.05) is 6.07 Å². The highest BCUT2D eigenvalue weighted by atomic mass is 32.2. The first kappa shape index (κ1) is 23.5. The second kappa shape index (κ2) is 8.61. The molecule has 0 aliphatic carbocycles. The number of nitrogens with zero attached hydrogens (tertiary/aromatic N) is 2. The van der Waals surface area contributed by atoms with E-state index >= 15 is 0 Å². The number of rotatable bonds is 3. The van der Waals surface area contributed by atoms with Crippen LogP contribution in [0.5, 0.6) is 0 Å². The smallest absolute Gasteiger partial charge is 0.381 e. The molecule has 1 aromatic carbocycles. The standard InChI is InChI=1S/C22H29F3N2O4S/c1-32(29,30)21(7-10-26(11-8-21)19-5-12-31-13-6-19)20(28)27-9-4-16-2-3-18(22(23,24)25)14-17(16)15-27/h2-3,14,19H,4-13,15H2,1H3. The maximum atomic E-state index is 13.6. The summed E-state index contributed by atoms with van der Waals surface area (Å²) in [5.74, 6) is -0.477. The van der Waals surface area contributed by atoms with Gasteiger partial charge in [-0.25, -0.2) is 8.42 Å². The number of hydrogen-bond donors (Lipinski definition) is 0. The van der Waals surface area contributed by atoms with Gasteiger partial charge in [-0.15, -0.1) is 0 Å². The van der Waals surface area contributed by atoms with Crippen molar-refractivity contribution in [2.24, 2.45) is 0 Å². The lowest BCUT2D eigenvalue weighted by molar-refractivity contribution is -0.137. The Morgan fingerprint density at radius 1 is 1.09 bits per heavy atom. The average molecular weight is 475 g/mol. The van der Waals surface area contributed by atoms with Crippen molar-refractivity contribution in [3.8, 4) is 0 Å². The lowest BCUT2D eigenvalue weighted by Gasteiger charge is -2.45. The molecule has 0 spiro atoms. The van der Waals surface area contributed by atoms with Crippen molar-refractivity contribution in [3.05, 3.63) is 34.9 Å². The molecule has 0 N–H and O–H groups in total. The lowest BCUT2D eigenvalue weighted by atomic mass is 9.90. The van der Waals surface area contributed by atoms with E-state index in [1.165, 1.54) is 11.0 Å². The second-order valence-corrected chi connectivity index (χ2v) is 11.4. The Hall–Kier alpha value is -1.65. The SMILES string of the molecule is CS(=O)(=O)C1(C(=O)N2CCc3ccc(C(F)(F)F)cc3C2)CCN(C2CCOCC2)CC1. The van der Waals surface area contributed by atoms with Crippen LogP contribution in [0.2, 0.25) is 0 Å². The zero-order valence-electron chi connectivity index (χ0n) is 18.2. The zero-order valence-corrected chi connectivity index (χ0v) is 19.0. The van der Waals surface area contributed by atoms with Crippen molar-refractivity contribution < 1.29 is 31.1 Å². The molecule has 0 atom stereocenters. The third-order valence-corrected chi connectivity index (χ3v) is 9.25. The van der Waals surface area contributed by atoms with Gasteiger partial charge < -0.3 is 14.5 Å². The molecular weight excluding hydrogens is 445 g/mol. The quantitative estimate of drug-likeness (QED) is 0.674. The molecule has 6 nitrogen and oxygen atoms in total. The first-order chi connectivity index (χ1) is 15.0. The van der Waals surface area contributed by atoms with Crippen molar-refractivity contribution in [3.63, 3.8) is 0 Å². The molecule has 0 saturated carbocycles. The Bertz CT molecular complexity index is 966. The van der Waals surface area contributed by atoms with Gasteiger partial charge >= 0.3 is 6.18 Å². The van der Waals surface area contributed by atoms with Gasteiger partial charge in [0.25, 0.3) is 0 Å². The van der Waals surface area contributed by atoms with E-state index in [0.717, 1.165) is 36.8 Å². The Balaban J connectivity index is 1.54. The fourth-order valence-electron chi connectivity index (χ4n) is 5.24. The Morgan fingerprint density at radius 3 is 2.34 bits per heavy atom. The summed E-state index contributed by atoms with van der Waals surface area (Å²) in [6, 6.07) is 3.92. The molecule has 32 heavy (non-hydrogen) atoms. The molecule has 0 bridgehead atoms. The van der Waals surface area contributed by atoms with E-state index in [0.29, 0.717) is 50.9 Å². The van der Waals surface area contributed by atoms with E-state index < -0.39 is 32.2 Å². The first-order valence-corrected chi connectivity index (χ1v) is 12.9. The molecule has 3 aliphatic heterocycles. The molecule has 178 valence electrons. The topological polar surface area (TPSA) is 66.9 Å². The highest BCUT2D eigenvalue weighted by Gasteiger charge is 2.52. The molecule has 2 saturated heterocycles. The molecular formula is C22H29F3N2O4S. The number of alkyl halides is 3. The fourth-order valence-corrected chi connectivity index (χ4v) is 6.61. The summed E-state index contributed by atoms with van der Waals surface area (Å²) in [5, 5.41) is 0. The third-order valence-electron chi connectivity index (χ3n) is 7.25. The number of ether oxygens (including phenoxy) is 1. The molecule has 1 amide bonds. The highest BCUT2D eigenvalue weighted by molar-refractivity contribution is 7.92. The van der Waals surface area contributed by atoms with Crippen LogP contribution in [0.15, 0.2) is 18.2 Å². The predicted octanol–water partition coefficient (Wildman–Crippen LogP) is 2.65. The number of amides is 1. The van der Waals surface area contributed by atoms with Crippen LogP contribution >= 0.6 is 0 Å². The van der Waals surface area contributed by atoms with E-state index in [-0.39, 0.29) is 19.4 Å². The van der Waals surface area contributed by atoms with Crippen LogP contribution in [0.3, 0.4) is 0 Å². The highest BCUT2D eigenvalue weighted by Crippen LogP contribution is 2.37. The van der Waals surface area contributed by atoms with Crippen LogP contribution in [-0.4, -0.2) is 74.0 Å². The summed E-state index contributed by atoms with van der Waals surface area (Å²) in [4.78, 5) is 17.3. The largest absolute Gasteiger partial charge is 0.416 e. The molecule has 3 aliphatic rings. The maximum absolute atomic E-state index is 13.6. The number of halogens is 3. The normalized spacial score (nSPS) is 23.1. The van der Waals surface area contributed by atoms with Gasteiger partial charge in [-0.05, 0) is 55.4 Å². The van der Waals surface area contributed by atoms with E-state index in [1.54, 1.807) is 0 Å². The van der Waals surface area contributed by atoms with Crippen molar-refractivity contribution in [1.29, 1.82) is 0 Å². The number of likely N-dealkylation sites (tertiary alicyclic amines) is 1. The van der Waals surface area contributed by atoms with Gasteiger partial charge in [0.2, 0.25) is 5.91 Å². The average Bonchev–Trinajstić information content (AvgIpc) is 2.77. The number of hydrogen-bond acceptors (Lipinski definition) is 5. The van der Waals surface area contributed by atoms with E-state index in [1.807, 2.05) is 0 Å². The van der Waals surface area contributed by atoms with Gasteiger partial charge in [0.15, 0.2) is 14.6 Å². The minimum Gasteiger partial charge on any atom is -0.381 e. The van der Waals surface area contributed by atoms with Gasteiger partial charge in [0, 0.05) is 51.7 Å². The van der Waals surface area contributed by atoms with Gasteiger partial charge in [0.05, 0.1) is 5.56 Å². The van der Waals surface area contributed by atoms with Crippen LogP contribution in [-0.2, 0) is 38.5 Å². The van der Waals surface area contributed by atoms with Crippen LogP contribution in [0.4, 0.5) is 13.2 Å². The minimum absolute atomic E-state index is 0.000958. The predicted molar refractivity (Wildman–Crippen MR) is 113 cm³/mol. The maximum Gasteiger partial charge on any atom is 0.416 e. The van der Waals surface area contributed by atoms with Crippen molar-refractivity contribution in [2.75, 3.05) is 39.1 Å². The number of carbonyl (C=O) groups excluding carboxylic acids is 1. The molecule has 0 aromatic heterocycles. The Morgan fingerprint density at radius 2 is 1.75 bits per heavy atom. The van der Waals surface area contributed by atoms with Crippen LogP contribution in [0.25, 0.3) is 0 Å². The number of sulfone groups is 1.